The Morgan fingerprint density at radius 1 is 1.53 bits per heavy atom. The number of thiophene rings is 1. The Balaban J connectivity index is 1.97. The molecule has 0 saturated carbocycles. The molecule has 5 nitrogen and oxygen atoms in total. The fourth-order valence-electron chi connectivity index (χ4n) is 2.07. The summed E-state index contributed by atoms with van der Waals surface area (Å²) in [5.74, 6) is 0.0321. The summed E-state index contributed by atoms with van der Waals surface area (Å²) in [7, 11) is 0. The molecule has 1 fully saturated rings. The first-order valence-electron chi connectivity index (χ1n) is 6.42. The SMILES string of the molecule is CC(=O)NCc1ccc(C(=O)N2CCN[C@H](C)C2)s1. The molecule has 1 aromatic rings. The van der Waals surface area contributed by atoms with Crippen LogP contribution in [-0.2, 0) is 11.3 Å². The van der Waals surface area contributed by atoms with Gasteiger partial charge in [-0.3, -0.25) is 9.59 Å². The molecule has 1 aliphatic rings. The number of piperazine rings is 1. The van der Waals surface area contributed by atoms with Gasteiger partial charge in [0.25, 0.3) is 5.91 Å². The Kier molecular flexibility index (Phi) is 4.55. The lowest BCUT2D eigenvalue weighted by atomic mass is 10.2. The summed E-state index contributed by atoms with van der Waals surface area (Å²) in [6.45, 7) is 6.40. The highest BCUT2D eigenvalue weighted by atomic mass is 32.1. The van der Waals surface area contributed by atoms with Gasteiger partial charge in [-0.1, -0.05) is 0 Å². The van der Waals surface area contributed by atoms with Gasteiger partial charge in [-0.25, -0.2) is 0 Å². The number of amides is 2. The van der Waals surface area contributed by atoms with Crippen LogP contribution in [0.2, 0.25) is 0 Å². The average Bonchev–Trinajstić information content (AvgIpc) is 2.84. The molecule has 1 aromatic heterocycles. The van der Waals surface area contributed by atoms with Gasteiger partial charge in [0.05, 0.1) is 11.4 Å². The van der Waals surface area contributed by atoms with Crippen molar-refractivity contribution in [1.29, 1.82) is 0 Å². The number of hydrogen-bond donors (Lipinski definition) is 2. The van der Waals surface area contributed by atoms with Crippen LogP contribution in [0.1, 0.15) is 28.4 Å². The number of carbonyl (C=O) groups is 2. The van der Waals surface area contributed by atoms with E-state index in [1.54, 1.807) is 0 Å². The zero-order valence-corrected chi connectivity index (χ0v) is 12.0. The van der Waals surface area contributed by atoms with Crippen LogP contribution in [0.4, 0.5) is 0 Å². The minimum absolute atomic E-state index is 0.0581. The Bertz CT molecular complexity index is 472. The van der Waals surface area contributed by atoms with Crippen molar-refractivity contribution in [1.82, 2.24) is 15.5 Å². The van der Waals surface area contributed by atoms with E-state index in [4.69, 9.17) is 0 Å². The monoisotopic (exact) mass is 281 g/mol. The summed E-state index contributed by atoms with van der Waals surface area (Å²) in [5, 5.41) is 6.06. The van der Waals surface area contributed by atoms with Crippen LogP contribution in [-0.4, -0.2) is 42.4 Å². The lowest BCUT2D eigenvalue weighted by Crippen LogP contribution is -2.51. The summed E-state index contributed by atoms with van der Waals surface area (Å²) in [6.07, 6.45) is 0. The fraction of sp³-hybridized carbons (Fsp3) is 0.538. The van der Waals surface area contributed by atoms with Gasteiger partial charge in [-0.05, 0) is 19.1 Å². The van der Waals surface area contributed by atoms with Crippen LogP contribution in [0.15, 0.2) is 12.1 Å². The van der Waals surface area contributed by atoms with E-state index in [0.29, 0.717) is 12.6 Å². The van der Waals surface area contributed by atoms with Gasteiger partial charge in [-0.15, -0.1) is 11.3 Å². The average molecular weight is 281 g/mol. The first kappa shape index (κ1) is 14.0. The van der Waals surface area contributed by atoms with E-state index in [1.807, 2.05) is 17.0 Å². The normalized spacial score (nSPS) is 19.3. The molecule has 0 radical (unpaired) electrons. The zero-order valence-electron chi connectivity index (χ0n) is 11.2. The van der Waals surface area contributed by atoms with Crippen molar-refractivity contribution in [3.05, 3.63) is 21.9 Å². The predicted octanol–water partition coefficient (Wildman–Crippen LogP) is 0.818. The lowest BCUT2D eigenvalue weighted by Gasteiger charge is -2.31. The van der Waals surface area contributed by atoms with Gasteiger partial charge < -0.3 is 15.5 Å². The maximum atomic E-state index is 12.3. The highest BCUT2D eigenvalue weighted by Crippen LogP contribution is 2.19. The minimum Gasteiger partial charge on any atom is -0.351 e. The minimum atomic E-state index is -0.0581. The van der Waals surface area contributed by atoms with E-state index in [1.165, 1.54) is 18.3 Å². The smallest absolute Gasteiger partial charge is 0.264 e. The Labute approximate surface area is 117 Å². The summed E-state index contributed by atoms with van der Waals surface area (Å²) in [4.78, 5) is 26.8. The van der Waals surface area contributed by atoms with Crippen molar-refractivity contribution in [2.24, 2.45) is 0 Å². The molecule has 0 bridgehead atoms. The summed E-state index contributed by atoms with van der Waals surface area (Å²) in [6, 6.07) is 4.09. The van der Waals surface area contributed by atoms with Crippen LogP contribution < -0.4 is 10.6 Å². The summed E-state index contributed by atoms with van der Waals surface area (Å²) >= 11 is 1.45. The van der Waals surface area contributed by atoms with Gasteiger partial charge in [0, 0.05) is 37.5 Å². The Morgan fingerprint density at radius 2 is 2.32 bits per heavy atom. The van der Waals surface area contributed by atoms with E-state index in [0.717, 1.165) is 29.4 Å². The van der Waals surface area contributed by atoms with Crippen LogP contribution >= 0.6 is 11.3 Å². The van der Waals surface area contributed by atoms with Crippen LogP contribution in [0.3, 0.4) is 0 Å². The Morgan fingerprint density at radius 3 is 3.00 bits per heavy atom. The molecule has 2 N–H and O–H groups in total. The first-order valence-corrected chi connectivity index (χ1v) is 7.23. The third-order valence-corrected chi connectivity index (χ3v) is 4.11. The van der Waals surface area contributed by atoms with E-state index < -0.39 is 0 Å². The number of carbonyl (C=O) groups excluding carboxylic acids is 2. The number of hydrogen-bond acceptors (Lipinski definition) is 4. The van der Waals surface area contributed by atoms with Gasteiger partial charge in [-0.2, -0.15) is 0 Å². The largest absolute Gasteiger partial charge is 0.351 e. The first-order chi connectivity index (χ1) is 9.06. The zero-order chi connectivity index (χ0) is 13.8. The van der Waals surface area contributed by atoms with E-state index in [-0.39, 0.29) is 11.8 Å². The second kappa shape index (κ2) is 6.16. The lowest BCUT2D eigenvalue weighted by molar-refractivity contribution is -0.119. The van der Waals surface area contributed by atoms with Crippen molar-refractivity contribution in [3.63, 3.8) is 0 Å². The Hall–Kier alpha value is -1.40. The molecule has 1 saturated heterocycles. The maximum Gasteiger partial charge on any atom is 0.264 e. The van der Waals surface area contributed by atoms with Crippen LogP contribution in [0.25, 0.3) is 0 Å². The molecule has 19 heavy (non-hydrogen) atoms. The molecule has 2 amide bonds. The highest BCUT2D eigenvalue weighted by Gasteiger charge is 2.22. The molecule has 104 valence electrons. The van der Waals surface area contributed by atoms with E-state index in [9.17, 15) is 9.59 Å². The molecule has 1 aliphatic heterocycles. The molecule has 1 atom stereocenters. The van der Waals surface area contributed by atoms with Crippen molar-refractivity contribution < 1.29 is 9.59 Å². The van der Waals surface area contributed by atoms with Crippen molar-refractivity contribution in [3.8, 4) is 0 Å². The van der Waals surface area contributed by atoms with Crippen molar-refractivity contribution >= 4 is 23.2 Å². The molecule has 6 heteroatoms. The van der Waals surface area contributed by atoms with Crippen LogP contribution in [0, 0.1) is 0 Å². The molecule has 0 spiro atoms. The number of nitrogens with one attached hydrogen (secondary N) is 2. The molecule has 2 heterocycles. The second-order valence-electron chi connectivity index (χ2n) is 4.78. The van der Waals surface area contributed by atoms with E-state index in [2.05, 4.69) is 17.6 Å². The quantitative estimate of drug-likeness (QED) is 0.862. The van der Waals surface area contributed by atoms with Gasteiger partial charge in [0.1, 0.15) is 0 Å². The van der Waals surface area contributed by atoms with Crippen LogP contribution in [0.5, 0.6) is 0 Å². The van der Waals surface area contributed by atoms with Gasteiger partial charge >= 0.3 is 0 Å². The van der Waals surface area contributed by atoms with E-state index >= 15 is 0 Å². The summed E-state index contributed by atoms with van der Waals surface area (Å²) < 4.78 is 0. The standard InChI is InChI=1S/C13H19N3O2S/c1-9-8-16(6-5-14-9)13(18)12-4-3-11(19-12)7-15-10(2)17/h3-4,9,14H,5-8H2,1-2H3,(H,15,17)/t9-/m1/s1. The fourth-order valence-corrected chi connectivity index (χ4v) is 2.99. The highest BCUT2D eigenvalue weighted by molar-refractivity contribution is 7.14. The summed E-state index contributed by atoms with van der Waals surface area (Å²) in [5.41, 5.74) is 0. The molecular weight excluding hydrogens is 262 g/mol. The van der Waals surface area contributed by atoms with Crippen molar-refractivity contribution in [2.45, 2.75) is 26.4 Å². The van der Waals surface area contributed by atoms with Crippen molar-refractivity contribution in [2.75, 3.05) is 19.6 Å². The third-order valence-electron chi connectivity index (χ3n) is 3.04. The third kappa shape index (κ3) is 3.78. The predicted molar refractivity (Wildman–Crippen MR) is 75.2 cm³/mol. The van der Waals surface area contributed by atoms with Gasteiger partial charge in [0.15, 0.2) is 0 Å². The number of rotatable bonds is 3. The topological polar surface area (TPSA) is 61.4 Å². The number of nitrogens with zero attached hydrogens (tertiary/aromatic N) is 1. The second-order valence-corrected chi connectivity index (χ2v) is 5.95. The molecule has 0 aromatic carbocycles. The van der Waals surface area contributed by atoms with Gasteiger partial charge in [0.2, 0.25) is 5.91 Å². The maximum absolute atomic E-state index is 12.3. The molecule has 2 rings (SSSR count). The molecule has 0 unspecified atom stereocenters. The molecular formula is C13H19N3O2S. The molecule has 0 aliphatic carbocycles.